The Balaban J connectivity index is 2.30. The lowest BCUT2D eigenvalue weighted by Crippen LogP contribution is -2.39. The average Bonchev–Trinajstić information content (AvgIpc) is 2.37. The first-order valence-corrected chi connectivity index (χ1v) is 4.24. The Morgan fingerprint density at radius 2 is 2.45 bits per heavy atom. The Kier molecular flexibility index (Phi) is 3.09. The lowest BCUT2D eigenvalue weighted by molar-refractivity contribution is 0.112. The van der Waals surface area contributed by atoms with Gasteiger partial charge in [-0.2, -0.15) is 0 Å². The van der Waals surface area contributed by atoms with E-state index in [4.69, 9.17) is 4.74 Å². The first kappa shape index (κ1) is 8.75. The Morgan fingerprint density at radius 3 is 2.91 bits per heavy atom. The minimum absolute atomic E-state index is 0.359. The van der Waals surface area contributed by atoms with Crippen LogP contribution < -0.4 is 5.32 Å². The van der Waals surface area contributed by atoms with Gasteiger partial charge in [0.25, 0.3) is 0 Å². The zero-order valence-electron chi connectivity index (χ0n) is 7.34. The molecule has 0 radical (unpaired) electrons. The van der Waals surface area contributed by atoms with Crippen molar-refractivity contribution in [1.82, 2.24) is 5.32 Å². The van der Waals surface area contributed by atoms with E-state index in [2.05, 4.69) is 25.7 Å². The highest BCUT2D eigenvalue weighted by atomic mass is 16.5. The van der Waals surface area contributed by atoms with Gasteiger partial charge in [-0.05, 0) is 20.3 Å². The predicted molar refractivity (Wildman–Crippen MR) is 46.6 cm³/mol. The summed E-state index contributed by atoms with van der Waals surface area (Å²) in [6.45, 7) is 8.84. The minimum Gasteiger partial charge on any atom is -0.377 e. The number of nitrogens with one attached hydrogen (secondary N) is 1. The summed E-state index contributed by atoms with van der Waals surface area (Å²) >= 11 is 0. The van der Waals surface area contributed by atoms with E-state index in [-0.39, 0.29) is 0 Å². The highest BCUT2D eigenvalue weighted by Crippen LogP contribution is 2.12. The minimum atomic E-state index is 0.359. The van der Waals surface area contributed by atoms with Gasteiger partial charge in [0.15, 0.2) is 0 Å². The van der Waals surface area contributed by atoms with Crippen LogP contribution in [0.4, 0.5) is 0 Å². The molecule has 1 aliphatic rings. The van der Waals surface area contributed by atoms with Crippen molar-refractivity contribution in [2.24, 2.45) is 0 Å². The second-order valence-corrected chi connectivity index (χ2v) is 3.16. The smallest absolute Gasteiger partial charge is 0.0700 e. The highest BCUT2D eigenvalue weighted by molar-refractivity contribution is 4.88. The summed E-state index contributed by atoms with van der Waals surface area (Å²) < 4.78 is 5.41. The Hall–Kier alpha value is -0.340. The lowest BCUT2D eigenvalue weighted by atomic mass is 10.1. The molecule has 0 saturated carbocycles. The monoisotopic (exact) mass is 155 g/mol. The van der Waals surface area contributed by atoms with Crippen molar-refractivity contribution in [3.63, 3.8) is 0 Å². The van der Waals surface area contributed by atoms with Crippen LogP contribution >= 0.6 is 0 Å². The molecule has 1 saturated heterocycles. The molecule has 0 aromatic heterocycles. The maximum absolute atomic E-state index is 5.41. The van der Waals surface area contributed by atoms with Crippen LogP contribution in [0.2, 0.25) is 0 Å². The number of ether oxygens (including phenoxy) is 1. The van der Waals surface area contributed by atoms with Gasteiger partial charge in [-0.15, -0.1) is 6.58 Å². The third kappa shape index (κ3) is 2.31. The molecule has 0 bridgehead atoms. The Bertz CT molecular complexity index is 136. The van der Waals surface area contributed by atoms with E-state index in [0.717, 1.165) is 13.0 Å². The van der Waals surface area contributed by atoms with Gasteiger partial charge in [0.05, 0.1) is 6.10 Å². The van der Waals surface area contributed by atoms with Gasteiger partial charge in [-0.25, -0.2) is 0 Å². The Labute approximate surface area is 68.6 Å². The van der Waals surface area contributed by atoms with E-state index in [1.165, 1.54) is 0 Å². The summed E-state index contributed by atoms with van der Waals surface area (Å²) in [5.74, 6) is 0. The molecule has 3 unspecified atom stereocenters. The summed E-state index contributed by atoms with van der Waals surface area (Å²) in [6.07, 6.45) is 3.40. The van der Waals surface area contributed by atoms with Crippen molar-refractivity contribution in [1.29, 1.82) is 0 Å². The molecule has 2 nitrogen and oxygen atoms in total. The predicted octanol–water partition coefficient (Wildman–Crippen LogP) is 1.33. The fraction of sp³-hybridized carbons (Fsp3) is 0.778. The molecule has 0 aromatic carbocycles. The normalized spacial score (nSPS) is 33.6. The zero-order valence-corrected chi connectivity index (χ0v) is 7.34. The third-order valence-electron chi connectivity index (χ3n) is 2.21. The molecular weight excluding hydrogens is 138 g/mol. The quantitative estimate of drug-likeness (QED) is 0.621. The first-order chi connectivity index (χ1) is 5.24. The van der Waals surface area contributed by atoms with Crippen molar-refractivity contribution in [3.8, 4) is 0 Å². The van der Waals surface area contributed by atoms with E-state index in [1.54, 1.807) is 0 Å². The molecular formula is C9H17NO. The first-order valence-electron chi connectivity index (χ1n) is 4.24. The van der Waals surface area contributed by atoms with Crippen LogP contribution in [0.25, 0.3) is 0 Å². The topological polar surface area (TPSA) is 21.3 Å². The average molecular weight is 155 g/mol. The highest BCUT2D eigenvalue weighted by Gasteiger charge is 2.24. The molecule has 0 aromatic rings. The summed E-state index contributed by atoms with van der Waals surface area (Å²) in [5.41, 5.74) is 0. The second-order valence-electron chi connectivity index (χ2n) is 3.16. The van der Waals surface area contributed by atoms with Crippen molar-refractivity contribution < 1.29 is 4.74 Å². The van der Waals surface area contributed by atoms with Gasteiger partial charge in [0.2, 0.25) is 0 Å². The molecule has 1 rings (SSSR count). The summed E-state index contributed by atoms with van der Waals surface area (Å²) in [6, 6.07) is 0.909. The van der Waals surface area contributed by atoms with Gasteiger partial charge in [0, 0.05) is 18.7 Å². The van der Waals surface area contributed by atoms with Gasteiger partial charge in [0.1, 0.15) is 0 Å². The SMILES string of the molecule is C=CC(C)NC1CCOC1C. The summed E-state index contributed by atoms with van der Waals surface area (Å²) in [7, 11) is 0. The van der Waals surface area contributed by atoms with Crippen molar-refractivity contribution in [2.75, 3.05) is 6.61 Å². The lowest BCUT2D eigenvalue weighted by Gasteiger charge is -2.18. The Morgan fingerprint density at radius 1 is 1.73 bits per heavy atom. The van der Waals surface area contributed by atoms with Crippen LogP contribution in [-0.4, -0.2) is 24.8 Å². The molecule has 1 fully saturated rings. The summed E-state index contributed by atoms with van der Waals surface area (Å²) in [4.78, 5) is 0. The molecule has 1 N–H and O–H groups in total. The molecule has 0 spiro atoms. The van der Waals surface area contributed by atoms with Crippen LogP contribution in [0, 0.1) is 0 Å². The maximum Gasteiger partial charge on any atom is 0.0700 e. The zero-order chi connectivity index (χ0) is 8.27. The van der Waals surface area contributed by atoms with Gasteiger partial charge in [-0.1, -0.05) is 6.08 Å². The van der Waals surface area contributed by atoms with Crippen LogP contribution in [0.5, 0.6) is 0 Å². The van der Waals surface area contributed by atoms with Crippen LogP contribution in [0.1, 0.15) is 20.3 Å². The van der Waals surface area contributed by atoms with E-state index >= 15 is 0 Å². The van der Waals surface area contributed by atoms with E-state index < -0.39 is 0 Å². The van der Waals surface area contributed by atoms with Crippen molar-refractivity contribution in [3.05, 3.63) is 12.7 Å². The van der Waals surface area contributed by atoms with Crippen molar-refractivity contribution in [2.45, 2.75) is 38.5 Å². The van der Waals surface area contributed by atoms with E-state index in [0.29, 0.717) is 18.2 Å². The molecule has 64 valence electrons. The third-order valence-corrected chi connectivity index (χ3v) is 2.21. The fourth-order valence-corrected chi connectivity index (χ4v) is 1.36. The standard InChI is InChI=1S/C9H17NO/c1-4-7(2)10-9-5-6-11-8(9)3/h4,7-10H,1,5-6H2,2-3H3. The number of rotatable bonds is 3. The van der Waals surface area contributed by atoms with Gasteiger partial charge >= 0.3 is 0 Å². The van der Waals surface area contributed by atoms with Gasteiger partial charge < -0.3 is 10.1 Å². The van der Waals surface area contributed by atoms with E-state index in [1.807, 2.05) is 6.08 Å². The fourth-order valence-electron chi connectivity index (χ4n) is 1.36. The summed E-state index contributed by atoms with van der Waals surface area (Å²) in [5, 5.41) is 3.44. The van der Waals surface area contributed by atoms with Crippen LogP contribution in [0.15, 0.2) is 12.7 Å². The van der Waals surface area contributed by atoms with Crippen molar-refractivity contribution >= 4 is 0 Å². The number of hydrogen-bond donors (Lipinski definition) is 1. The molecule has 2 heteroatoms. The molecule has 0 aliphatic carbocycles. The molecule has 0 amide bonds. The van der Waals surface area contributed by atoms with Crippen LogP contribution in [-0.2, 0) is 4.74 Å². The van der Waals surface area contributed by atoms with Crippen LogP contribution in [0.3, 0.4) is 0 Å². The maximum atomic E-state index is 5.41. The number of hydrogen-bond acceptors (Lipinski definition) is 2. The molecule has 11 heavy (non-hydrogen) atoms. The second kappa shape index (κ2) is 3.88. The largest absolute Gasteiger partial charge is 0.377 e. The molecule has 1 aliphatic heterocycles. The van der Waals surface area contributed by atoms with Gasteiger partial charge in [-0.3, -0.25) is 0 Å². The molecule has 3 atom stereocenters. The van der Waals surface area contributed by atoms with E-state index in [9.17, 15) is 0 Å². The molecule has 1 heterocycles.